The van der Waals surface area contributed by atoms with Crippen molar-refractivity contribution in [2.45, 2.75) is 19.6 Å². The first-order valence-corrected chi connectivity index (χ1v) is 7.54. The Morgan fingerprint density at radius 1 is 1.12 bits per heavy atom. The maximum atomic E-state index is 9.60. The fourth-order valence-electron chi connectivity index (χ4n) is 2.25. The molecule has 124 valence electrons. The van der Waals surface area contributed by atoms with E-state index in [4.69, 9.17) is 13.9 Å². The minimum atomic E-state index is -0.547. The normalized spacial score (nSPS) is 12.0. The number of hydrogen-bond donors (Lipinski definition) is 1. The molecule has 2 aromatic carbocycles. The Labute approximate surface area is 139 Å². The second-order valence-electron chi connectivity index (χ2n) is 5.24. The van der Waals surface area contributed by atoms with Crippen molar-refractivity contribution in [1.29, 1.82) is 0 Å². The maximum absolute atomic E-state index is 9.60. The highest BCUT2D eigenvalue weighted by atomic mass is 16.5. The van der Waals surface area contributed by atoms with Gasteiger partial charge in [-0.3, -0.25) is 0 Å². The number of ether oxygens (including phenoxy) is 2. The van der Waals surface area contributed by atoms with Crippen molar-refractivity contribution in [1.82, 2.24) is 10.2 Å². The molecule has 3 aromatic rings. The van der Waals surface area contributed by atoms with Gasteiger partial charge in [-0.15, -0.1) is 10.2 Å². The lowest BCUT2D eigenvalue weighted by molar-refractivity contribution is 0.198. The lowest BCUT2D eigenvalue weighted by atomic mass is 10.1. The van der Waals surface area contributed by atoms with Crippen LogP contribution in [0.4, 0.5) is 0 Å². The van der Waals surface area contributed by atoms with Crippen molar-refractivity contribution >= 4 is 0 Å². The summed E-state index contributed by atoms with van der Waals surface area (Å²) in [5, 5.41) is 17.6. The number of methoxy groups -OCH3 is 1. The van der Waals surface area contributed by atoms with Gasteiger partial charge in [0.05, 0.1) is 18.8 Å². The van der Waals surface area contributed by atoms with Crippen LogP contribution >= 0.6 is 0 Å². The number of aliphatic hydroxyl groups excluding tert-OH is 1. The van der Waals surface area contributed by atoms with Crippen molar-refractivity contribution in [2.75, 3.05) is 7.11 Å². The van der Waals surface area contributed by atoms with E-state index in [1.54, 1.807) is 20.1 Å². The summed E-state index contributed by atoms with van der Waals surface area (Å²) >= 11 is 0. The fourth-order valence-corrected chi connectivity index (χ4v) is 2.25. The SMILES string of the molecule is COc1ccccc1-c1nnc(COc2cccc(C(C)O)c2)o1. The van der Waals surface area contributed by atoms with Crippen molar-refractivity contribution in [3.8, 4) is 23.0 Å². The molecule has 6 nitrogen and oxygen atoms in total. The number of aliphatic hydroxyl groups is 1. The molecule has 0 aliphatic heterocycles. The second-order valence-corrected chi connectivity index (χ2v) is 5.24. The van der Waals surface area contributed by atoms with Crippen LogP contribution in [-0.2, 0) is 6.61 Å². The summed E-state index contributed by atoms with van der Waals surface area (Å²) in [6, 6.07) is 14.7. The Kier molecular flexibility index (Phi) is 4.77. The maximum Gasteiger partial charge on any atom is 0.254 e. The monoisotopic (exact) mass is 326 g/mol. The highest BCUT2D eigenvalue weighted by Gasteiger charge is 2.13. The topological polar surface area (TPSA) is 77.6 Å². The molecule has 0 aliphatic rings. The van der Waals surface area contributed by atoms with E-state index in [0.29, 0.717) is 23.3 Å². The number of para-hydroxylation sites is 1. The summed E-state index contributed by atoms with van der Waals surface area (Å²) in [6.45, 7) is 1.85. The Morgan fingerprint density at radius 2 is 1.96 bits per heavy atom. The van der Waals surface area contributed by atoms with E-state index in [9.17, 15) is 5.11 Å². The number of benzene rings is 2. The van der Waals surface area contributed by atoms with Gasteiger partial charge in [-0.2, -0.15) is 0 Å². The van der Waals surface area contributed by atoms with E-state index in [2.05, 4.69) is 10.2 Å². The molecule has 0 fully saturated rings. The highest BCUT2D eigenvalue weighted by Crippen LogP contribution is 2.28. The minimum Gasteiger partial charge on any atom is -0.496 e. The summed E-state index contributed by atoms with van der Waals surface area (Å²) in [5.74, 6) is 2.03. The Morgan fingerprint density at radius 3 is 2.75 bits per heavy atom. The third kappa shape index (κ3) is 3.55. The molecule has 6 heteroatoms. The number of rotatable bonds is 6. The van der Waals surface area contributed by atoms with Gasteiger partial charge in [0.1, 0.15) is 11.5 Å². The zero-order valence-corrected chi connectivity index (χ0v) is 13.5. The average molecular weight is 326 g/mol. The predicted octanol–water partition coefficient (Wildman–Crippen LogP) is 3.38. The van der Waals surface area contributed by atoms with Gasteiger partial charge in [-0.25, -0.2) is 0 Å². The minimum absolute atomic E-state index is 0.144. The van der Waals surface area contributed by atoms with Crippen molar-refractivity contribution in [2.24, 2.45) is 0 Å². The molecule has 24 heavy (non-hydrogen) atoms. The van der Waals surface area contributed by atoms with Crippen LogP contribution in [0.5, 0.6) is 11.5 Å². The predicted molar refractivity (Wildman–Crippen MR) is 87.7 cm³/mol. The van der Waals surface area contributed by atoms with Crippen LogP contribution in [-0.4, -0.2) is 22.4 Å². The third-order valence-corrected chi connectivity index (χ3v) is 3.51. The van der Waals surface area contributed by atoms with Crippen LogP contribution in [0.1, 0.15) is 24.5 Å². The van der Waals surface area contributed by atoms with Gasteiger partial charge >= 0.3 is 0 Å². The molecule has 0 amide bonds. The molecule has 1 aromatic heterocycles. The van der Waals surface area contributed by atoms with Crippen LogP contribution in [0.3, 0.4) is 0 Å². The third-order valence-electron chi connectivity index (χ3n) is 3.51. The molecule has 1 unspecified atom stereocenters. The van der Waals surface area contributed by atoms with E-state index in [-0.39, 0.29) is 6.61 Å². The van der Waals surface area contributed by atoms with E-state index in [1.807, 2.05) is 42.5 Å². The van der Waals surface area contributed by atoms with E-state index >= 15 is 0 Å². The zero-order chi connectivity index (χ0) is 16.9. The van der Waals surface area contributed by atoms with Gasteiger partial charge in [0.25, 0.3) is 11.8 Å². The molecule has 0 saturated heterocycles. The molecule has 3 rings (SSSR count). The second kappa shape index (κ2) is 7.14. The Bertz CT molecular complexity index is 814. The molecule has 1 N–H and O–H groups in total. The first-order chi connectivity index (χ1) is 11.7. The summed E-state index contributed by atoms with van der Waals surface area (Å²) in [6.07, 6.45) is -0.547. The molecule has 0 aliphatic carbocycles. The van der Waals surface area contributed by atoms with Crippen molar-refractivity contribution in [3.63, 3.8) is 0 Å². The molecule has 0 radical (unpaired) electrons. The first kappa shape index (κ1) is 16.0. The largest absolute Gasteiger partial charge is 0.496 e. The molecular weight excluding hydrogens is 308 g/mol. The Hall–Kier alpha value is -2.86. The molecule has 0 bridgehead atoms. The van der Waals surface area contributed by atoms with Gasteiger partial charge in [0.15, 0.2) is 6.61 Å². The zero-order valence-electron chi connectivity index (χ0n) is 13.5. The van der Waals surface area contributed by atoms with Crippen LogP contribution in [0.15, 0.2) is 52.9 Å². The summed E-state index contributed by atoms with van der Waals surface area (Å²) < 4.78 is 16.6. The van der Waals surface area contributed by atoms with Crippen LogP contribution in [0.2, 0.25) is 0 Å². The van der Waals surface area contributed by atoms with E-state index < -0.39 is 6.10 Å². The van der Waals surface area contributed by atoms with Gasteiger partial charge in [-0.05, 0) is 36.8 Å². The molecule has 0 saturated carbocycles. The quantitative estimate of drug-likeness (QED) is 0.748. The molecular formula is C18H18N2O4. The fraction of sp³-hybridized carbons (Fsp3) is 0.222. The van der Waals surface area contributed by atoms with Gasteiger partial charge < -0.3 is 19.0 Å². The van der Waals surface area contributed by atoms with Crippen LogP contribution in [0, 0.1) is 0 Å². The number of aromatic nitrogens is 2. The van der Waals surface area contributed by atoms with Crippen molar-refractivity contribution < 1.29 is 19.0 Å². The van der Waals surface area contributed by atoms with Crippen molar-refractivity contribution in [3.05, 3.63) is 60.0 Å². The number of hydrogen-bond acceptors (Lipinski definition) is 6. The molecule has 1 heterocycles. The first-order valence-electron chi connectivity index (χ1n) is 7.54. The van der Waals surface area contributed by atoms with Crippen LogP contribution in [0.25, 0.3) is 11.5 Å². The summed E-state index contributed by atoms with van der Waals surface area (Å²) in [4.78, 5) is 0. The van der Waals surface area contributed by atoms with Gasteiger partial charge in [0.2, 0.25) is 0 Å². The number of nitrogens with zero attached hydrogens (tertiary/aromatic N) is 2. The molecule has 1 atom stereocenters. The van der Waals surface area contributed by atoms with Crippen LogP contribution < -0.4 is 9.47 Å². The highest BCUT2D eigenvalue weighted by molar-refractivity contribution is 5.62. The van der Waals surface area contributed by atoms with E-state index in [0.717, 1.165) is 11.1 Å². The summed E-state index contributed by atoms with van der Waals surface area (Å²) in [7, 11) is 1.59. The average Bonchev–Trinajstić information content (AvgIpc) is 3.09. The smallest absolute Gasteiger partial charge is 0.254 e. The molecule has 0 spiro atoms. The lowest BCUT2D eigenvalue weighted by Crippen LogP contribution is -1.97. The van der Waals surface area contributed by atoms with Gasteiger partial charge in [-0.1, -0.05) is 24.3 Å². The standard InChI is InChI=1S/C18H18N2O4/c1-12(21)13-6-5-7-14(10-13)23-11-17-19-20-18(24-17)15-8-3-4-9-16(15)22-2/h3-10,12,21H,11H2,1-2H3. The Balaban J connectivity index is 1.72. The lowest BCUT2D eigenvalue weighted by Gasteiger charge is -2.08. The summed E-state index contributed by atoms with van der Waals surface area (Å²) in [5.41, 5.74) is 1.52. The van der Waals surface area contributed by atoms with Gasteiger partial charge in [0, 0.05) is 0 Å². The van der Waals surface area contributed by atoms with E-state index in [1.165, 1.54) is 0 Å².